The van der Waals surface area contributed by atoms with Gasteiger partial charge in [-0.1, -0.05) is 12.1 Å². The van der Waals surface area contributed by atoms with Crippen LogP contribution < -0.4 is 16.2 Å². The second-order valence-corrected chi connectivity index (χ2v) is 5.92. The summed E-state index contributed by atoms with van der Waals surface area (Å²) in [7, 11) is 0. The molecule has 6 nitrogen and oxygen atoms in total. The molecule has 1 aliphatic rings. The molecule has 150 valence electrons. The standard InChI is InChI=1S/C18H17F3N2O2.CH3NO/c19-18(20,21)13-4-6-14(7-5-13)25-16-3-1-2-12-11-23(17(24)10-22)9-8-15(12)16;2-1-3/h1-7H,8-11,22H2;1H,(H2,2,3). The Labute approximate surface area is 159 Å². The van der Waals surface area contributed by atoms with Gasteiger partial charge in [-0.3, -0.25) is 9.59 Å². The summed E-state index contributed by atoms with van der Waals surface area (Å²) in [5.74, 6) is 0.818. The van der Waals surface area contributed by atoms with Crippen LogP contribution in [0.3, 0.4) is 0 Å². The molecule has 3 rings (SSSR count). The molecule has 2 amide bonds. The molecule has 1 aliphatic heterocycles. The van der Waals surface area contributed by atoms with E-state index < -0.39 is 11.7 Å². The molecule has 28 heavy (non-hydrogen) atoms. The first kappa shape index (κ1) is 21.2. The molecular formula is C19H20F3N3O3. The van der Waals surface area contributed by atoms with E-state index in [-0.39, 0.29) is 18.9 Å². The van der Waals surface area contributed by atoms with Crippen molar-refractivity contribution in [1.82, 2.24) is 4.90 Å². The highest BCUT2D eigenvalue weighted by atomic mass is 19.4. The van der Waals surface area contributed by atoms with Gasteiger partial charge in [0.25, 0.3) is 0 Å². The van der Waals surface area contributed by atoms with Crippen molar-refractivity contribution < 1.29 is 27.5 Å². The molecule has 0 aromatic heterocycles. The molecule has 2 aromatic carbocycles. The van der Waals surface area contributed by atoms with Gasteiger partial charge in [0, 0.05) is 18.7 Å². The summed E-state index contributed by atoms with van der Waals surface area (Å²) < 4.78 is 43.6. The SMILES string of the molecule is NC=O.NCC(=O)N1CCc2c(cccc2Oc2ccc(C(F)(F)F)cc2)C1. The second kappa shape index (κ2) is 9.23. The third-order valence-corrected chi connectivity index (χ3v) is 4.16. The number of alkyl halides is 3. The Hall–Kier alpha value is -3.07. The molecule has 4 N–H and O–H groups in total. The van der Waals surface area contributed by atoms with Crippen molar-refractivity contribution in [3.63, 3.8) is 0 Å². The Bertz CT molecular complexity index is 823. The topological polar surface area (TPSA) is 98.7 Å². The smallest absolute Gasteiger partial charge is 0.416 e. The molecule has 0 fully saturated rings. The monoisotopic (exact) mass is 395 g/mol. The number of benzene rings is 2. The van der Waals surface area contributed by atoms with Crippen LogP contribution in [0, 0.1) is 0 Å². The van der Waals surface area contributed by atoms with Gasteiger partial charge >= 0.3 is 6.18 Å². The summed E-state index contributed by atoms with van der Waals surface area (Å²) in [6, 6.07) is 10.1. The van der Waals surface area contributed by atoms with Crippen molar-refractivity contribution >= 4 is 12.3 Å². The molecule has 0 bridgehead atoms. The molecule has 1 heterocycles. The number of nitrogens with two attached hydrogens (primary N) is 2. The first-order valence-electron chi connectivity index (χ1n) is 8.39. The van der Waals surface area contributed by atoms with Crippen LogP contribution in [-0.2, 0) is 28.7 Å². The number of amides is 2. The molecule has 0 spiro atoms. The highest BCUT2D eigenvalue weighted by molar-refractivity contribution is 5.78. The van der Waals surface area contributed by atoms with E-state index in [1.807, 2.05) is 6.07 Å². The Morgan fingerprint density at radius 3 is 2.39 bits per heavy atom. The van der Waals surface area contributed by atoms with E-state index in [0.717, 1.165) is 23.3 Å². The molecule has 2 aromatic rings. The minimum atomic E-state index is -4.37. The first-order valence-corrected chi connectivity index (χ1v) is 8.39. The van der Waals surface area contributed by atoms with Crippen molar-refractivity contribution in [2.24, 2.45) is 11.5 Å². The number of carbonyl (C=O) groups excluding carboxylic acids is 2. The number of hydrogen-bond donors (Lipinski definition) is 2. The van der Waals surface area contributed by atoms with Crippen LogP contribution in [0.1, 0.15) is 16.7 Å². The fraction of sp³-hybridized carbons (Fsp3) is 0.263. The lowest BCUT2D eigenvalue weighted by atomic mass is 9.98. The normalized spacial score (nSPS) is 13.1. The van der Waals surface area contributed by atoms with Crippen LogP contribution in [0.25, 0.3) is 0 Å². The molecule has 0 saturated heterocycles. The third kappa shape index (κ3) is 5.23. The fourth-order valence-electron chi connectivity index (χ4n) is 2.85. The Morgan fingerprint density at radius 2 is 1.82 bits per heavy atom. The van der Waals surface area contributed by atoms with Crippen LogP contribution in [-0.4, -0.2) is 30.3 Å². The quantitative estimate of drug-likeness (QED) is 0.780. The van der Waals surface area contributed by atoms with Gasteiger partial charge in [-0.2, -0.15) is 13.2 Å². The summed E-state index contributed by atoms with van der Waals surface area (Å²) >= 11 is 0. The third-order valence-electron chi connectivity index (χ3n) is 4.16. The zero-order chi connectivity index (χ0) is 20.7. The summed E-state index contributed by atoms with van der Waals surface area (Å²) in [4.78, 5) is 22.0. The molecule has 0 aliphatic carbocycles. The van der Waals surface area contributed by atoms with Crippen molar-refractivity contribution in [2.45, 2.75) is 19.1 Å². The van der Waals surface area contributed by atoms with Gasteiger partial charge < -0.3 is 21.1 Å². The summed E-state index contributed by atoms with van der Waals surface area (Å²) in [5, 5.41) is 0. The van der Waals surface area contributed by atoms with Gasteiger partial charge in [0.15, 0.2) is 0 Å². The summed E-state index contributed by atoms with van der Waals surface area (Å²) in [6.45, 7) is 0.961. The summed E-state index contributed by atoms with van der Waals surface area (Å²) in [6.07, 6.45) is -3.51. The van der Waals surface area contributed by atoms with Crippen LogP contribution in [0.5, 0.6) is 11.5 Å². The van der Waals surface area contributed by atoms with E-state index in [0.29, 0.717) is 31.0 Å². The number of ether oxygens (including phenoxy) is 1. The molecule has 0 atom stereocenters. The summed E-state index contributed by atoms with van der Waals surface area (Å²) in [5.41, 5.74) is 10.8. The van der Waals surface area contributed by atoms with Crippen LogP contribution in [0.15, 0.2) is 42.5 Å². The van der Waals surface area contributed by atoms with Crippen LogP contribution in [0.2, 0.25) is 0 Å². The maximum Gasteiger partial charge on any atom is 0.416 e. The van der Waals surface area contributed by atoms with Gasteiger partial charge in [0.2, 0.25) is 12.3 Å². The maximum absolute atomic E-state index is 12.6. The Balaban J connectivity index is 0.000000878. The lowest BCUT2D eigenvalue weighted by Gasteiger charge is -2.29. The average Bonchev–Trinajstić information content (AvgIpc) is 2.67. The van der Waals surface area contributed by atoms with E-state index in [1.165, 1.54) is 12.1 Å². The molecule has 0 radical (unpaired) electrons. The highest BCUT2D eigenvalue weighted by Gasteiger charge is 2.30. The van der Waals surface area contributed by atoms with Gasteiger partial charge in [-0.15, -0.1) is 0 Å². The van der Waals surface area contributed by atoms with Gasteiger partial charge in [-0.25, -0.2) is 0 Å². The lowest BCUT2D eigenvalue weighted by Crippen LogP contribution is -2.39. The van der Waals surface area contributed by atoms with Crippen molar-refractivity contribution in [3.05, 3.63) is 59.2 Å². The van der Waals surface area contributed by atoms with Gasteiger partial charge in [0.05, 0.1) is 12.1 Å². The van der Waals surface area contributed by atoms with Gasteiger partial charge in [-0.05, 0) is 42.3 Å². The first-order chi connectivity index (χ1) is 13.3. The number of fused-ring (bicyclic) bond motifs is 1. The second-order valence-electron chi connectivity index (χ2n) is 5.92. The van der Waals surface area contributed by atoms with E-state index in [1.54, 1.807) is 17.0 Å². The maximum atomic E-state index is 12.6. The lowest BCUT2D eigenvalue weighted by molar-refractivity contribution is -0.137. The number of primary amides is 1. The molecular weight excluding hydrogens is 375 g/mol. The van der Waals surface area contributed by atoms with E-state index >= 15 is 0 Å². The van der Waals surface area contributed by atoms with Crippen molar-refractivity contribution in [2.75, 3.05) is 13.1 Å². The number of rotatable bonds is 3. The Morgan fingerprint density at radius 1 is 1.18 bits per heavy atom. The number of hydrogen-bond acceptors (Lipinski definition) is 4. The average molecular weight is 395 g/mol. The minimum absolute atomic E-state index is 0.0307. The number of carbonyl (C=O) groups is 2. The zero-order valence-corrected chi connectivity index (χ0v) is 14.9. The Kier molecular flexibility index (Phi) is 7.00. The van der Waals surface area contributed by atoms with E-state index in [4.69, 9.17) is 15.3 Å². The van der Waals surface area contributed by atoms with Crippen molar-refractivity contribution in [1.29, 1.82) is 0 Å². The van der Waals surface area contributed by atoms with E-state index in [2.05, 4.69) is 5.73 Å². The van der Waals surface area contributed by atoms with E-state index in [9.17, 15) is 18.0 Å². The molecule has 9 heteroatoms. The zero-order valence-electron chi connectivity index (χ0n) is 14.9. The predicted molar refractivity (Wildman–Crippen MR) is 96.4 cm³/mol. The minimum Gasteiger partial charge on any atom is -0.457 e. The van der Waals surface area contributed by atoms with Crippen molar-refractivity contribution in [3.8, 4) is 11.5 Å². The predicted octanol–water partition coefficient (Wildman–Crippen LogP) is 2.44. The van der Waals surface area contributed by atoms with Gasteiger partial charge in [0.1, 0.15) is 11.5 Å². The fourth-order valence-corrected chi connectivity index (χ4v) is 2.85. The molecule has 0 saturated carbocycles. The largest absolute Gasteiger partial charge is 0.457 e. The molecule has 0 unspecified atom stereocenters. The highest BCUT2D eigenvalue weighted by Crippen LogP contribution is 2.34. The number of halogens is 3. The number of nitrogens with zero attached hydrogens (tertiary/aromatic N) is 1. The van der Waals surface area contributed by atoms with Crippen LogP contribution in [0.4, 0.5) is 13.2 Å². The van der Waals surface area contributed by atoms with Crippen LogP contribution >= 0.6 is 0 Å².